The zero-order valence-corrected chi connectivity index (χ0v) is 18.8. The average Bonchev–Trinajstić information content (AvgIpc) is 2.97. The van der Waals surface area contributed by atoms with Crippen molar-refractivity contribution in [2.24, 2.45) is 17.3 Å². The second-order valence-corrected chi connectivity index (χ2v) is 9.49. The number of esters is 1. The molecule has 1 aliphatic carbocycles. The lowest BCUT2D eigenvalue weighted by Gasteiger charge is -2.24. The van der Waals surface area contributed by atoms with Crippen LogP contribution in [0, 0.1) is 17.3 Å². The highest BCUT2D eigenvalue weighted by Gasteiger charge is 2.34. The minimum Gasteiger partial charge on any atom is -0.466 e. The Morgan fingerprint density at radius 1 is 1.14 bits per heavy atom. The number of hydrogen-bond donors (Lipinski definition) is 1. The Kier molecular flexibility index (Phi) is 12.0. The fraction of sp³-hybridized carbons (Fsp3) is 0.917. The molecule has 1 N–H and O–H groups in total. The molecule has 0 amide bonds. The van der Waals surface area contributed by atoms with E-state index in [2.05, 4.69) is 20.8 Å². The highest BCUT2D eigenvalue weighted by molar-refractivity contribution is 5.83. The lowest BCUT2D eigenvalue weighted by Crippen LogP contribution is -2.20. The Bertz CT molecular complexity index is 458. The first-order chi connectivity index (χ1) is 13.3. The summed E-state index contributed by atoms with van der Waals surface area (Å²) in [5.74, 6) is 0.962. The van der Waals surface area contributed by atoms with Gasteiger partial charge in [0.2, 0.25) is 0 Å². The third-order valence-electron chi connectivity index (χ3n) is 6.30. The van der Waals surface area contributed by atoms with Crippen molar-refractivity contribution in [1.82, 2.24) is 0 Å². The second kappa shape index (κ2) is 13.3. The van der Waals surface area contributed by atoms with Crippen LogP contribution in [0.4, 0.5) is 0 Å². The molecule has 1 unspecified atom stereocenters. The fourth-order valence-electron chi connectivity index (χ4n) is 4.56. The van der Waals surface area contributed by atoms with Crippen LogP contribution >= 0.6 is 0 Å². The number of carbonyl (C=O) groups is 2. The summed E-state index contributed by atoms with van der Waals surface area (Å²) in [5.41, 5.74) is -0.0477. The van der Waals surface area contributed by atoms with E-state index in [1.807, 2.05) is 6.92 Å². The third-order valence-corrected chi connectivity index (χ3v) is 6.30. The number of hydrogen-bond acceptors (Lipinski definition) is 4. The molecule has 4 nitrogen and oxygen atoms in total. The summed E-state index contributed by atoms with van der Waals surface area (Å²) in [4.78, 5) is 24.0. The van der Waals surface area contributed by atoms with Crippen LogP contribution in [-0.4, -0.2) is 29.6 Å². The van der Waals surface area contributed by atoms with Crippen molar-refractivity contribution < 1.29 is 19.4 Å². The highest BCUT2D eigenvalue weighted by atomic mass is 16.5. The second-order valence-electron chi connectivity index (χ2n) is 9.49. The van der Waals surface area contributed by atoms with Gasteiger partial charge < -0.3 is 9.84 Å². The maximum Gasteiger partial charge on any atom is 0.306 e. The number of unbranched alkanes of at least 4 members (excludes halogenated alkanes) is 3. The van der Waals surface area contributed by atoms with Crippen molar-refractivity contribution in [2.45, 2.75) is 117 Å². The van der Waals surface area contributed by atoms with Gasteiger partial charge in [0.15, 0.2) is 0 Å². The molecule has 1 fully saturated rings. The molecule has 0 aromatic carbocycles. The van der Waals surface area contributed by atoms with E-state index in [1.165, 1.54) is 12.8 Å². The SMILES string of the molecule is CCCCCC(O)CC[C@H]1CCC(=O)[C@@H]1CCCCC(C)(C)CC(=O)OCC. The van der Waals surface area contributed by atoms with Gasteiger partial charge in [-0.2, -0.15) is 0 Å². The number of ether oxygens (including phenoxy) is 1. The molecule has 0 heterocycles. The molecular weight excluding hydrogens is 352 g/mol. The summed E-state index contributed by atoms with van der Waals surface area (Å²) >= 11 is 0. The van der Waals surface area contributed by atoms with Gasteiger partial charge in [-0.15, -0.1) is 0 Å². The summed E-state index contributed by atoms with van der Waals surface area (Å²) in [6.45, 7) is 8.69. The Balaban J connectivity index is 2.30. The van der Waals surface area contributed by atoms with E-state index in [9.17, 15) is 14.7 Å². The Labute approximate surface area is 172 Å². The van der Waals surface area contributed by atoms with Crippen molar-refractivity contribution in [3.8, 4) is 0 Å². The van der Waals surface area contributed by atoms with E-state index in [1.54, 1.807) is 0 Å². The maximum absolute atomic E-state index is 12.3. The van der Waals surface area contributed by atoms with Gasteiger partial charge in [0.25, 0.3) is 0 Å². The minimum atomic E-state index is -0.202. The zero-order chi connectivity index (χ0) is 21.0. The van der Waals surface area contributed by atoms with Crippen LogP contribution in [0.5, 0.6) is 0 Å². The Morgan fingerprint density at radius 3 is 2.57 bits per heavy atom. The first kappa shape index (κ1) is 25.1. The molecular formula is C24H44O4. The summed E-state index contributed by atoms with van der Waals surface area (Å²) in [6, 6.07) is 0. The Morgan fingerprint density at radius 2 is 1.89 bits per heavy atom. The van der Waals surface area contributed by atoms with E-state index >= 15 is 0 Å². The van der Waals surface area contributed by atoms with Crippen molar-refractivity contribution in [2.75, 3.05) is 6.61 Å². The van der Waals surface area contributed by atoms with Gasteiger partial charge in [-0.1, -0.05) is 52.9 Å². The van der Waals surface area contributed by atoms with Crippen LogP contribution in [0.15, 0.2) is 0 Å². The first-order valence-corrected chi connectivity index (χ1v) is 11.7. The van der Waals surface area contributed by atoms with E-state index in [4.69, 9.17) is 4.74 Å². The van der Waals surface area contributed by atoms with Gasteiger partial charge in [-0.25, -0.2) is 0 Å². The van der Waals surface area contributed by atoms with Crippen LogP contribution in [0.1, 0.15) is 111 Å². The maximum atomic E-state index is 12.3. The zero-order valence-electron chi connectivity index (χ0n) is 18.8. The summed E-state index contributed by atoms with van der Waals surface area (Å²) in [5, 5.41) is 10.2. The molecule has 0 saturated heterocycles. The molecule has 3 atom stereocenters. The number of aliphatic hydroxyl groups is 1. The van der Waals surface area contributed by atoms with Gasteiger partial charge in [-0.05, 0) is 56.8 Å². The normalized spacial score (nSPS) is 21.1. The van der Waals surface area contributed by atoms with Crippen LogP contribution in [0.2, 0.25) is 0 Å². The van der Waals surface area contributed by atoms with E-state index < -0.39 is 0 Å². The van der Waals surface area contributed by atoms with Crippen molar-refractivity contribution in [3.63, 3.8) is 0 Å². The molecule has 0 aromatic rings. The van der Waals surface area contributed by atoms with Gasteiger partial charge in [0.05, 0.1) is 19.1 Å². The van der Waals surface area contributed by atoms with Gasteiger partial charge >= 0.3 is 5.97 Å². The first-order valence-electron chi connectivity index (χ1n) is 11.7. The summed E-state index contributed by atoms with van der Waals surface area (Å²) in [6.07, 6.45) is 12.2. The fourth-order valence-corrected chi connectivity index (χ4v) is 4.56. The molecule has 0 aromatic heterocycles. The molecule has 0 aliphatic heterocycles. The number of carbonyl (C=O) groups excluding carboxylic acids is 2. The largest absolute Gasteiger partial charge is 0.466 e. The number of Topliss-reactive ketones (excluding diaryl/α,β-unsaturated/α-hetero) is 1. The smallest absolute Gasteiger partial charge is 0.306 e. The molecule has 0 radical (unpaired) electrons. The number of rotatable bonds is 15. The highest BCUT2D eigenvalue weighted by Crippen LogP contribution is 2.37. The van der Waals surface area contributed by atoms with Crippen molar-refractivity contribution >= 4 is 11.8 Å². The molecule has 1 aliphatic rings. The minimum absolute atomic E-state index is 0.0477. The van der Waals surface area contributed by atoms with Gasteiger partial charge in [0, 0.05) is 12.3 Å². The van der Waals surface area contributed by atoms with E-state index in [0.717, 1.165) is 64.2 Å². The molecule has 0 spiro atoms. The third kappa shape index (κ3) is 10.0. The number of ketones is 1. The van der Waals surface area contributed by atoms with Crippen LogP contribution in [0.25, 0.3) is 0 Å². The molecule has 164 valence electrons. The van der Waals surface area contributed by atoms with E-state index in [0.29, 0.717) is 24.7 Å². The lowest BCUT2D eigenvalue weighted by atomic mass is 9.81. The number of aliphatic hydroxyl groups excluding tert-OH is 1. The van der Waals surface area contributed by atoms with Gasteiger partial charge in [0.1, 0.15) is 5.78 Å². The van der Waals surface area contributed by atoms with Gasteiger partial charge in [-0.3, -0.25) is 9.59 Å². The van der Waals surface area contributed by atoms with E-state index in [-0.39, 0.29) is 23.4 Å². The molecule has 1 rings (SSSR count). The van der Waals surface area contributed by atoms with Crippen molar-refractivity contribution in [3.05, 3.63) is 0 Å². The molecule has 4 heteroatoms. The Hall–Kier alpha value is -0.900. The lowest BCUT2D eigenvalue weighted by molar-refractivity contribution is -0.145. The molecule has 1 saturated carbocycles. The van der Waals surface area contributed by atoms with Crippen LogP contribution < -0.4 is 0 Å². The molecule has 0 bridgehead atoms. The quantitative estimate of drug-likeness (QED) is 0.279. The molecule has 28 heavy (non-hydrogen) atoms. The van der Waals surface area contributed by atoms with Crippen LogP contribution in [0.3, 0.4) is 0 Å². The summed E-state index contributed by atoms with van der Waals surface area (Å²) < 4.78 is 5.07. The monoisotopic (exact) mass is 396 g/mol. The predicted octanol–water partition coefficient (Wildman–Crippen LogP) is 5.84. The summed E-state index contributed by atoms with van der Waals surface area (Å²) in [7, 11) is 0. The predicted molar refractivity (Wildman–Crippen MR) is 114 cm³/mol. The standard InChI is InChI=1S/C24H44O4/c1-5-7-8-11-20(25)15-13-19-14-16-22(26)21(19)12-9-10-17-24(3,4)18-23(27)28-6-2/h19-21,25H,5-18H2,1-4H3/t19-,20?,21+/m0/s1. The average molecular weight is 397 g/mol. The van der Waals surface area contributed by atoms with Crippen LogP contribution in [-0.2, 0) is 14.3 Å². The van der Waals surface area contributed by atoms with Crippen molar-refractivity contribution in [1.29, 1.82) is 0 Å². The topological polar surface area (TPSA) is 63.6 Å².